The maximum absolute atomic E-state index is 3.42. The highest BCUT2D eigenvalue weighted by Gasteiger charge is 2.38. The minimum atomic E-state index is 0.886. The van der Waals surface area contributed by atoms with E-state index in [1.54, 1.807) is 0 Å². The summed E-state index contributed by atoms with van der Waals surface area (Å²) in [5.41, 5.74) is 0. The number of allylic oxidation sites excluding steroid dienone is 1. The molecular weight excluding hydrogens is 160 g/mol. The molecule has 72 valence electrons. The zero-order chi connectivity index (χ0) is 8.67. The summed E-state index contributed by atoms with van der Waals surface area (Å²) < 4.78 is 0. The predicted octanol–water partition coefficient (Wildman–Crippen LogP) is 0.856. The van der Waals surface area contributed by atoms with Gasteiger partial charge in [-0.2, -0.15) is 0 Å². The van der Waals surface area contributed by atoms with Gasteiger partial charge in [-0.15, -0.1) is 0 Å². The average molecular weight is 178 g/mol. The fourth-order valence-corrected chi connectivity index (χ4v) is 3.19. The molecule has 0 aromatic rings. The first-order valence-corrected chi connectivity index (χ1v) is 5.56. The van der Waals surface area contributed by atoms with Crippen LogP contribution in [0.4, 0.5) is 0 Å². The van der Waals surface area contributed by atoms with Crippen molar-refractivity contribution in [1.29, 1.82) is 0 Å². The largest absolute Gasteiger partial charge is 0.314 e. The molecule has 2 bridgehead atoms. The van der Waals surface area contributed by atoms with Gasteiger partial charge in [-0.05, 0) is 24.7 Å². The predicted molar refractivity (Wildman–Crippen MR) is 53.6 cm³/mol. The van der Waals surface area contributed by atoms with Crippen LogP contribution in [0.15, 0.2) is 12.2 Å². The van der Waals surface area contributed by atoms with Gasteiger partial charge in [-0.3, -0.25) is 4.90 Å². The summed E-state index contributed by atoms with van der Waals surface area (Å²) in [5.74, 6) is 1.81. The number of fused-ring (bicyclic) bond motifs is 2. The second-order valence-electron chi connectivity index (χ2n) is 4.63. The van der Waals surface area contributed by atoms with Crippen LogP contribution in [0.1, 0.15) is 12.8 Å². The Hall–Kier alpha value is -0.340. The third-order valence-electron chi connectivity index (χ3n) is 3.86. The number of nitrogens with one attached hydrogen (secondary N) is 1. The number of rotatable bonds is 1. The lowest BCUT2D eigenvalue weighted by molar-refractivity contribution is 0.152. The molecule has 0 amide bonds. The third kappa shape index (κ3) is 1.32. The summed E-state index contributed by atoms with van der Waals surface area (Å²) in [6, 6.07) is 0.886. The van der Waals surface area contributed by atoms with Gasteiger partial charge in [0, 0.05) is 32.2 Å². The quantitative estimate of drug-likeness (QED) is 0.599. The Balaban J connectivity index is 1.68. The van der Waals surface area contributed by atoms with E-state index in [0.29, 0.717) is 0 Å². The molecule has 0 aromatic carbocycles. The number of piperazine rings is 1. The first kappa shape index (κ1) is 8.01. The molecular formula is C11H18N2. The van der Waals surface area contributed by atoms with Crippen molar-refractivity contribution in [3.8, 4) is 0 Å². The van der Waals surface area contributed by atoms with Crippen molar-refractivity contribution in [2.45, 2.75) is 18.9 Å². The van der Waals surface area contributed by atoms with Crippen LogP contribution in [0.3, 0.4) is 0 Å². The molecule has 2 heteroatoms. The van der Waals surface area contributed by atoms with Crippen LogP contribution < -0.4 is 5.32 Å². The standard InChI is InChI=1S/C11H18N2/c1-2-10-7-9(1)8-11(10)13-5-3-12-4-6-13/h1-2,9-12H,3-8H2. The average Bonchev–Trinajstić information content (AvgIpc) is 2.80. The van der Waals surface area contributed by atoms with Gasteiger partial charge in [0.25, 0.3) is 0 Å². The van der Waals surface area contributed by atoms with E-state index in [-0.39, 0.29) is 0 Å². The minimum absolute atomic E-state index is 0.886. The van der Waals surface area contributed by atoms with Gasteiger partial charge in [0.2, 0.25) is 0 Å². The Morgan fingerprint density at radius 2 is 1.92 bits per heavy atom. The first-order chi connectivity index (χ1) is 6.43. The molecule has 2 fully saturated rings. The molecule has 2 nitrogen and oxygen atoms in total. The Morgan fingerprint density at radius 1 is 1.08 bits per heavy atom. The van der Waals surface area contributed by atoms with Crippen LogP contribution in [0, 0.1) is 11.8 Å². The van der Waals surface area contributed by atoms with Gasteiger partial charge in [-0.1, -0.05) is 12.2 Å². The van der Waals surface area contributed by atoms with Crippen molar-refractivity contribution >= 4 is 0 Å². The monoisotopic (exact) mass is 178 g/mol. The van der Waals surface area contributed by atoms with E-state index in [2.05, 4.69) is 22.4 Å². The molecule has 0 spiro atoms. The molecule has 3 atom stereocenters. The molecule has 0 radical (unpaired) electrons. The second-order valence-corrected chi connectivity index (χ2v) is 4.63. The number of hydrogen-bond donors (Lipinski definition) is 1. The highest BCUT2D eigenvalue weighted by molar-refractivity contribution is 5.13. The summed E-state index contributed by atoms with van der Waals surface area (Å²) in [6.45, 7) is 4.92. The summed E-state index contributed by atoms with van der Waals surface area (Å²) in [7, 11) is 0. The van der Waals surface area contributed by atoms with Crippen LogP contribution in [0.25, 0.3) is 0 Å². The van der Waals surface area contributed by atoms with E-state index in [1.807, 2.05) is 0 Å². The lowest BCUT2D eigenvalue weighted by Crippen LogP contribution is -2.49. The fourth-order valence-electron chi connectivity index (χ4n) is 3.19. The van der Waals surface area contributed by atoms with Crippen molar-refractivity contribution in [2.24, 2.45) is 11.8 Å². The number of nitrogens with zero attached hydrogens (tertiary/aromatic N) is 1. The molecule has 13 heavy (non-hydrogen) atoms. The van der Waals surface area contributed by atoms with Gasteiger partial charge >= 0.3 is 0 Å². The fraction of sp³-hybridized carbons (Fsp3) is 0.818. The highest BCUT2D eigenvalue weighted by Crippen LogP contribution is 2.41. The summed E-state index contributed by atoms with van der Waals surface area (Å²) >= 11 is 0. The Morgan fingerprint density at radius 3 is 2.54 bits per heavy atom. The van der Waals surface area contributed by atoms with E-state index in [0.717, 1.165) is 17.9 Å². The molecule has 1 N–H and O–H groups in total. The van der Waals surface area contributed by atoms with Crippen LogP contribution >= 0.6 is 0 Å². The van der Waals surface area contributed by atoms with Crippen molar-refractivity contribution in [3.63, 3.8) is 0 Å². The Kier molecular flexibility index (Phi) is 1.91. The van der Waals surface area contributed by atoms with Crippen LogP contribution in [0.5, 0.6) is 0 Å². The molecule has 3 unspecified atom stereocenters. The van der Waals surface area contributed by atoms with Crippen LogP contribution in [-0.4, -0.2) is 37.1 Å². The molecule has 2 aliphatic carbocycles. The Bertz CT molecular complexity index is 218. The maximum Gasteiger partial charge on any atom is 0.0165 e. The molecule has 1 heterocycles. The maximum atomic E-state index is 3.42. The highest BCUT2D eigenvalue weighted by atomic mass is 15.2. The normalized spacial score (nSPS) is 44.5. The van der Waals surface area contributed by atoms with Crippen molar-refractivity contribution in [2.75, 3.05) is 26.2 Å². The SMILES string of the molecule is C1=CC2CC1CC2N1CCNCC1. The van der Waals surface area contributed by atoms with Gasteiger partial charge in [-0.25, -0.2) is 0 Å². The van der Waals surface area contributed by atoms with E-state index < -0.39 is 0 Å². The van der Waals surface area contributed by atoms with Gasteiger partial charge < -0.3 is 5.32 Å². The molecule has 1 saturated heterocycles. The van der Waals surface area contributed by atoms with Crippen LogP contribution in [-0.2, 0) is 0 Å². The number of hydrogen-bond acceptors (Lipinski definition) is 2. The van der Waals surface area contributed by atoms with Crippen molar-refractivity contribution < 1.29 is 0 Å². The molecule has 3 aliphatic rings. The first-order valence-electron chi connectivity index (χ1n) is 5.56. The second kappa shape index (κ2) is 3.10. The van der Waals surface area contributed by atoms with Gasteiger partial charge in [0.05, 0.1) is 0 Å². The summed E-state index contributed by atoms with van der Waals surface area (Å²) in [4.78, 5) is 2.70. The Labute approximate surface area is 80.0 Å². The lowest BCUT2D eigenvalue weighted by atomic mass is 9.99. The summed E-state index contributed by atoms with van der Waals surface area (Å²) in [5, 5.41) is 3.42. The summed E-state index contributed by atoms with van der Waals surface area (Å²) in [6.07, 6.45) is 7.76. The van der Waals surface area contributed by atoms with Crippen molar-refractivity contribution in [3.05, 3.63) is 12.2 Å². The van der Waals surface area contributed by atoms with Gasteiger partial charge in [0.15, 0.2) is 0 Å². The zero-order valence-corrected chi connectivity index (χ0v) is 8.08. The molecule has 1 saturated carbocycles. The van der Waals surface area contributed by atoms with E-state index >= 15 is 0 Å². The third-order valence-corrected chi connectivity index (χ3v) is 3.86. The zero-order valence-electron chi connectivity index (χ0n) is 8.08. The molecule has 0 aromatic heterocycles. The minimum Gasteiger partial charge on any atom is -0.314 e. The van der Waals surface area contributed by atoms with E-state index in [1.165, 1.54) is 39.0 Å². The topological polar surface area (TPSA) is 15.3 Å². The molecule has 3 rings (SSSR count). The smallest absolute Gasteiger partial charge is 0.0165 e. The van der Waals surface area contributed by atoms with E-state index in [9.17, 15) is 0 Å². The lowest BCUT2D eigenvalue weighted by Gasteiger charge is -2.36. The molecule has 1 aliphatic heterocycles. The van der Waals surface area contributed by atoms with Gasteiger partial charge in [0.1, 0.15) is 0 Å². The van der Waals surface area contributed by atoms with Crippen molar-refractivity contribution in [1.82, 2.24) is 10.2 Å². The van der Waals surface area contributed by atoms with E-state index in [4.69, 9.17) is 0 Å². The van der Waals surface area contributed by atoms with Crippen LogP contribution in [0.2, 0.25) is 0 Å².